The van der Waals surface area contributed by atoms with Crippen LogP contribution in [0.5, 0.6) is 0 Å². The molecule has 0 aromatic carbocycles. The summed E-state index contributed by atoms with van der Waals surface area (Å²) in [6, 6.07) is 2.38. The molecular weight excluding hydrogens is 126 g/mol. The van der Waals surface area contributed by atoms with Crippen molar-refractivity contribution in [2.45, 2.75) is 18.4 Å². The highest BCUT2D eigenvalue weighted by molar-refractivity contribution is 5.21. The van der Waals surface area contributed by atoms with E-state index in [0.29, 0.717) is 17.8 Å². The lowest BCUT2D eigenvalue weighted by atomic mass is 9.72. The highest BCUT2D eigenvalue weighted by Crippen LogP contribution is 2.65. The Hall–Kier alpha value is -0.550. The Morgan fingerprint density at radius 3 is 2.80 bits per heavy atom. The van der Waals surface area contributed by atoms with Gasteiger partial charge in [0.1, 0.15) is 0 Å². The van der Waals surface area contributed by atoms with Gasteiger partial charge in [-0.25, -0.2) is 0 Å². The maximum absolute atomic E-state index is 8.72. The second-order valence-electron chi connectivity index (χ2n) is 3.81. The molecule has 4 atom stereocenters. The van der Waals surface area contributed by atoms with Gasteiger partial charge in [0, 0.05) is 5.92 Å². The molecule has 0 unspecified atom stereocenters. The van der Waals surface area contributed by atoms with Crippen molar-refractivity contribution in [2.75, 3.05) is 6.61 Å². The van der Waals surface area contributed by atoms with Gasteiger partial charge >= 0.3 is 0 Å². The summed E-state index contributed by atoms with van der Waals surface area (Å²) < 4.78 is 5.39. The van der Waals surface area contributed by atoms with Crippen molar-refractivity contribution in [3.8, 4) is 6.07 Å². The molecule has 3 saturated carbocycles. The van der Waals surface area contributed by atoms with Gasteiger partial charge in [-0.2, -0.15) is 5.26 Å². The summed E-state index contributed by atoms with van der Waals surface area (Å²) in [5.41, 5.74) is 0.227. The van der Waals surface area contributed by atoms with Gasteiger partial charge < -0.3 is 4.74 Å². The Bertz CT molecular complexity index is 226. The number of ether oxygens (including phenoxy) is 1. The largest absolute Gasteiger partial charge is 0.369 e. The van der Waals surface area contributed by atoms with Crippen LogP contribution < -0.4 is 0 Å². The van der Waals surface area contributed by atoms with Crippen LogP contribution in [0.3, 0.4) is 0 Å². The van der Waals surface area contributed by atoms with Gasteiger partial charge in [-0.1, -0.05) is 0 Å². The Kier molecular flexibility index (Phi) is 0.638. The lowest BCUT2D eigenvalue weighted by molar-refractivity contribution is 0.168. The van der Waals surface area contributed by atoms with Gasteiger partial charge in [-0.3, -0.25) is 0 Å². The third-order valence-electron chi connectivity index (χ3n) is 3.45. The molecule has 4 rings (SSSR count). The van der Waals surface area contributed by atoms with Gasteiger partial charge in [-0.05, 0) is 18.8 Å². The summed E-state index contributed by atoms with van der Waals surface area (Å²) in [7, 11) is 0. The Morgan fingerprint density at radius 2 is 2.40 bits per heavy atom. The zero-order chi connectivity index (χ0) is 6.77. The number of epoxide rings is 1. The van der Waals surface area contributed by atoms with Crippen molar-refractivity contribution in [1.82, 2.24) is 0 Å². The van der Waals surface area contributed by atoms with E-state index in [1.165, 1.54) is 12.8 Å². The molecular formula is C8H9NO. The van der Waals surface area contributed by atoms with Crippen LogP contribution in [0, 0.1) is 29.1 Å². The first-order chi connectivity index (χ1) is 4.86. The molecule has 2 nitrogen and oxygen atoms in total. The third kappa shape index (κ3) is 0.357. The Labute approximate surface area is 59.8 Å². The van der Waals surface area contributed by atoms with Crippen LogP contribution in [0.2, 0.25) is 0 Å². The topological polar surface area (TPSA) is 36.3 Å². The minimum Gasteiger partial charge on any atom is -0.369 e. The Balaban J connectivity index is 1.95. The van der Waals surface area contributed by atoms with Crippen LogP contribution in [0.25, 0.3) is 0 Å². The first-order valence-corrected chi connectivity index (χ1v) is 3.89. The monoisotopic (exact) mass is 135 g/mol. The summed E-state index contributed by atoms with van der Waals surface area (Å²) >= 11 is 0. The van der Waals surface area contributed by atoms with E-state index in [2.05, 4.69) is 6.07 Å². The van der Waals surface area contributed by atoms with Crippen molar-refractivity contribution in [1.29, 1.82) is 5.26 Å². The van der Waals surface area contributed by atoms with Gasteiger partial charge in [0.15, 0.2) is 0 Å². The van der Waals surface area contributed by atoms with Crippen molar-refractivity contribution in [3.05, 3.63) is 0 Å². The maximum Gasteiger partial charge on any atom is 0.0960 e. The third-order valence-corrected chi connectivity index (χ3v) is 3.45. The number of hydrogen-bond acceptors (Lipinski definition) is 2. The molecule has 4 fully saturated rings. The molecule has 3 aliphatic carbocycles. The fourth-order valence-electron chi connectivity index (χ4n) is 2.72. The van der Waals surface area contributed by atoms with E-state index in [9.17, 15) is 0 Å². The molecule has 2 heteroatoms. The zero-order valence-corrected chi connectivity index (χ0v) is 5.71. The highest BCUT2D eigenvalue weighted by atomic mass is 16.6. The molecule has 1 aliphatic heterocycles. The summed E-state index contributed by atoms with van der Waals surface area (Å²) in [6.45, 7) is 0.937. The summed E-state index contributed by atoms with van der Waals surface area (Å²) in [5.74, 6) is 1.66. The molecule has 0 aromatic heterocycles. The van der Waals surface area contributed by atoms with Crippen molar-refractivity contribution >= 4 is 0 Å². The van der Waals surface area contributed by atoms with E-state index in [0.717, 1.165) is 6.61 Å². The van der Waals surface area contributed by atoms with Crippen LogP contribution in [0.1, 0.15) is 12.8 Å². The normalized spacial score (nSPS) is 61.7. The Morgan fingerprint density at radius 1 is 1.60 bits per heavy atom. The number of hydrogen-bond donors (Lipinski definition) is 0. The van der Waals surface area contributed by atoms with Gasteiger partial charge in [0.05, 0.1) is 24.2 Å². The average molecular weight is 135 g/mol. The van der Waals surface area contributed by atoms with Gasteiger partial charge in [0.2, 0.25) is 0 Å². The molecule has 4 aliphatic rings. The van der Waals surface area contributed by atoms with Gasteiger partial charge in [-0.15, -0.1) is 0 Å². The molecule has 0 radical (unpaired) electrons. The minimum absolute atomic E-state index is 0.227. The number of nitriles is 1. The average Bonchev–Trinajstić information content (AvgIpc) is 2.36. The molecule has 0 amide bonds. The number of nitrogens with zero attached hydrogens (tertiary/aromatic N) is 1. The fraction of sp³-hybridized carbons (Fsp3) is 0.875. The molecule has 10 heavy (non-hydrogen) atoms. The smallest absolute Gasteiger partial charge is 0.0960 e. The first-order valence-electron chi connectivity index (χ1n) is 3.89. The van der Waals surface area contributed by atoms with Crippen molar-refractivity contribution in [3.63, 3.8) is 0 Å². The van der Waals surface area contributed by atoms with Crippen molar-refractivity contribution in [2.24, 2.45) is 17.8 Å². The van der Waals surface area contributed by atoms with E-state index >= 15 is 0 Å². The molecule has 0 N–H and O–H groups in total. The predicted octanol–water partition coefficient (Wildman–Crippen LogP) is 0.935. The van der Waals surface area contributed by atoms with Crippen LogP contribution >= 0.6 is 0 Å². The summed E-state index contributed by atoms with van der Waals surface area (Å²) in [6.07, 6.45) is 2.44. The molecule has 2 bridgehead atoms. The quantitative estimate of drug-likeness (QED) is 0.463. The van der Waals surface area contributed by atoms with Crippen LogP contribution in [-0.2, 0) is 4.74 Å². The highest BCUT2D eigenvalue weighted by Gasteiger charge is 2.68. The van der Waals surface area contributed by atoms with Crippen LogP contribution in [0.15, 0.2) is 0 Å². The zero-order valence-electron chi connectivity index (χ0n) is 5.71. The predicted molar refractivity (Wildman–Crippen MR) is 34.0 cm³/mol. The SMILES string of the molecule is N#C[C@H]1[C@H]2C[C@@H]1[C@@]1(CO1)C2. The first kappa shape index (κ1) is 5.15. The lowest BCUT2D eigenvalue weighted by Gasteiger charge is -2.29. The van der Waals surface area contributed by atoms with E-state index in [1.54, 1.807) is 0 Å². The number of rotatable bonds is 0. The molecule has 0 aromatic rings. The van der Waals surface area contributed by atoms with Crippen molar-refractivity contribution < 1.29 is 4.74 Å². The molecule has 1 saturated heterocycles. The molecule has 52 valence electrons. The van der Waals surface area contributed by atoms with E-state index in [1.807, 2.05) is 0 Å². The molecule has 1 spiro atoms. The van der Waals surface area contributed by atoms with Crippen LogP contribution in [-0.4, -0.2) is 12.2 Å². The van der Waals surface area contributed by atoms with Gasteiger partial charge in [0.25, 0.3) is 0 Å². The van der Waals surface area contributed by atoms with E-state index in [-0.39, 0.29) is 5.60 Å². The standard InChI is InChI=1S/C8H9NO/c9-3-6-5-1-7(6)8(2-5)4-10-8/h5-7H,1-2,4H2/t5-,6-,7-,8-/m0/s1. The summed E-state index contributed by atoms with van der Waals surface area (Å²) in [4.78, 5) is 0. The summed E-state index contributed by atoms with van der Waals surface area (Å²) in [5, 5.41) is 8.72. The second kappa shape index (κ2) is 1.24. The lowest BCUT2D eigenvalue weighted by Crippen LogP contribution is -2.30. The minimum atomic E-state index is 0.227. The van der Waals surface area contributed by atoms with E-state index in [4.69, 9.17) is 10.00 Å². The molecule has 1 heterocycles. The maximum atomic E-state index is 8.72. The van der Waals surface area contributed by atoms with Crippen LogP contribution in [0.4, 0.5) is 0 Å². The van der Waals surface area contributed by atoms with E-state index < -0.39 is 0 Å². The second-order valence-corrected chi connectivity index (χ2v) is 3.81. The fourth-order valence-corrected chi connectivity index (χ4v) is 2.72.